The van der Waals surface area contributed by atoms with Crippen molar-refractivity contribution >= 4 is 12.0 Å². The van der Waals surface area contributed by atoms with Gasteiger partial charge in [-0.15, -0.1) is 0 Å². The summed E-state index contributed by atoms with van der Waals surface area (Å²) in [4.78, 5) is 14.5. The molecule has 2 aliphatic rings. The fourth-order valence-electron chi connectivity index (χ4n) is 4.35. The van der Waals surface area contributed by atoms with Crippen molar-refractivity contribution in [3.63, 3.8) is 0 Å². The second-order valence-corrected chi connectivity index (χ2v) is 7.53. The Morgan fingerprint density at radius 2 is 2.20 bits per heavy atom. The number of carbonyl (C=O) groups excluding carboxylic acids is 1. The first-order valence-corrected chi connectivity index (χ1v) is 7.39. The van der Waals surface area contributed by atoms with Gasteiger partial charge in [-0.05, 0) is 48.3 Å². The molecule has 0 aromatic carbocycles. The van der Waals surface area contributed by atoms with Crippen molar-refractivity contribution in [2.75, 3.05) is 6.54 Å². The van der Waals surface area contributed by atoms with Crippen LogP contribution >= 0.6 is 0 Å². The van der Waals surface area contributed by atoms with E-state index < -0.39 is 0 Å². The number of hydrogen-bond donors (Lipinski definition) is 0. The molecule has 3 nitrogen and oxygen atoms in total. The zero-order chi connectivity index (χ0) is 14.4. The van der Waals surface area contributed by atoms with Crippen molar-refractivity contribution < 1.29 is 9.21 Å². The predicted octanol–water partition coefficient (Wildman–Crippen LogP) is 3.72. The third kappa shape index (κ3) is 2.54. The second-order valence-electron chi connectivity index (χ2n) is 7.53. The van der Waals surface area contributed by atoms with Gasteiger partial charge < -0.3 is 9.32 Å². The molecular formula is C17H23NO2. The average molecular weight is 273 g/mol. The fraction of sp³-hybridized carbons (Fsp3) is 0.588. The number of amides is 1. The number of nitrogens with zero attached hydrogens (tertiary/aromatic N) is 1. The Hall–Kier alpha value is -1.51. The highest BCUT2D eigenvalue weighted by atomic mass is 16.3. The van der Waals surface area contributed by atoms with Crippen LogP contribution in [0.3, 0.4) is 0 Å². The molecule has 2 fully saturated rings. The highest BCUT2D eigenvalue weighted by Crippen LogP contribution is 2.52. The van der Waals surface area contributed by atoms with Crippen LogP contribution in [-0.2, 0) is 4.79 Å². The van der Waals surface area contributed by atoms with Crippen molar-refractivity contribution in [2.45, 2.75) is 46.1 Å². The molecule has 2 atom stereocenters. The molecule has 0 N–H and O–H groups in total. The smallest absolute Gasteiger partial charge is 0.246 e. The number of likely N-dealkylation sites (tertiary alicyclic amines) is 1. The lowest BCUT2D eigenvalue weighted by Gasteiger charge is -2.39. The Morgan fingerprint density at radius 1 is 1.40 bits per heavy atom. The lowest BCUT2D eigenvalue weighted by molar-refractivity contribution is -0.127. The quantitative estimate of drug-likeness (QED) is 0.769. The normalized spacial score (nSPS) is 31.9. The standard InChI is InChI=1S/C17H23NO2/c1-16(2)9-13-10-17(3,11-16)12-18(13)15(19)7-6-14-5-4-8-20-14/h4-8,13H,9-12H2,1-3H3/b7-6+. The molecule has 1 amide bonds. The summed E-state index contributed by atoms with van der Waals surface area (Å²) in [5, 5.41) is 0. The lowest BCUT2D eigenvalue weighted by atomic mass is 9.65. The van der Waals surface area contributed by atoms with E-state index in [1.807, 2.05) is 12.1 Å². The minimum absolute atomic E-state index is 0.118. The molecule has 20 heavy (non-hydrogen) atoms. The highest BCUT2D eigenvalue weighted by molar-refractivity contribution is 5.92. The SMILES string of the molecule is CC1(C)CC2CC(C)(CN2C(=O)/C=C/c2ccco2)C1. The summed E-state index contributed by atoms with van der Waals surface area (Å²) in [6, 6.07) is 4.09. The molecule has 2 unspecified atom stereocenters. The summed E-state index contributed by atoms with van der Waals surface area (Å²) in [7, 11) is 0. The Balaban J connectivity index is 1.74. The van der Waals surface area contributed by atoms with Gasteiger partial charge in [0.25, 0.3) is 0 Å². The summed E-state index contributed by atoms with van der Waals surface area (Å²) in [5.74, 6) is 0.847. The molecule has 1 saturated heterocycles. The Morgan fingerprint density at radius 3 is 2.90 bits per heavy atom. The van der Waals surface area contributed by atoms with Crippen molar-refractivity contribution in [1.82, 2.24) is 4.90 Å². The second kappa shape index (κ2) is 4.51. The molecule has 1 aliphatic carbocycles. The van der Waals surface area contributed by atoms with Crippen molar-refractivity contribution in [3.8, 4) is 0 Å². The largest absolute Gasteiger partial charge is 0.465 e. The zero-order valence-electron chi connectivity index (χ0n) is 12.6. The minimum Gasteiger partial charge on any atom is -0.465 e. The molecule has 108 valence electrons. The maximum absolute atomic E-state index is 12.4. The van der Waals surface area contributed by atoms with Crippen LogP contribution in [0.25, 0.3) is 6.08 Å². The van der Waals surface area contributed by atoms with Crippen LogP contribution < -0.4 is 0 Å². The van der Waals surface area contributed by atoms with Gasteiger partial charge in [0.15, 0.2) is 0 Å². The van der Waals surface area contributed by atoms with Gasteiger partial charge in [0, 0.05) is 18.7 Å². The van der Waals surface area contributed by atoms with Gasteiger partial charge in [0.05, 0.1) is 6.26 Å². The molecule has 1 saturated carbocycles. The summed E-state index contributed by atoms with van der Waals surface area (Å²) >= 11 is 0. The maximum atomic E-state index is 12.4. The Kier molecular flexibility index (Phi) is 3.03. The summed E-state index contributed by atoms with van der Waals surface area (Å²) < 4.78 is 5.23. The molecule has 0 radical (unpaired) electrons. The van der Waals surface area contributed by atoms with Crippen LogP contribution in [0.5, 0.6) is 0 Å². The zero-order valence-corrected chi connectivity index (χ0v) is 12.6. The molecule has 1 aliphatic heterocycles. The highest BCUT2D eigenvalue weighted by Gasteiger charge is 2.50. The number of rotatable bonds is 2. The Labute approximate surface area is 120 Å². The van der Waals surface area contributed by atoms with Gasteiger partial charge in [-0.1, -0.05) is 20.8 Å². The van der Waals surface area contributed by atoms with Crippen LogP contribution in [-0.4, -0.2) is 23.4 Å². The van der Waals surface area contributed by atoms with Crippen LogP contribution in [0.1, 0.15) is 45.8 Å². The minimum atomic E-state index is 0.118. The molecule has 1 aromatic heterocycles. The third-order valence-corrected chi connectivity index (χ3v) is 4.63. The first kappa shape index (κ1) is 13.5. The number of hydrogen-bond acceptors (Lipinski definition) is 2. The fourth-order valence-corrected chi connectivity index (χ4v) is 4.35. The van der Waals surface area contributed by atoms with E-state index in [1.54, 1.807) is 18.4 Å². The van der Waals surface area contributed by atoms with E-state index in [0.29, 0.717) is 16.9 Å². The monoisotopic (exact) mass is 273 g/mol. The van der Waals surface area contributed by atoms with Crippen molar-refractivity contribution in [1.29, 1.82) is 0 Å². The lowest BCUT2D eigenvalue weighted by Crippen LogP contribution is -2.36. The Bertz CT molecular complexity index is 529. The predicted molar refractivity (Wildman–Crippen MR) is 79.0 cm³/mol. The molecular weight excluding hydrogens is 250 g/mol. The van der Waals surface area contributed by atoms with E-state index in [1.165, 1.54) is 6.42 Å². The van der Waals surface area contributed by atoms with Crippen LogP contribution in [0.15, 0.2) is 28.9 Å². The summed E-state index contributed by atoms with van der Waals surface area (Å²) in [6.07, 6.45) is 8.51. The van der Waals surface area contributed by atoms with Gasteiger partial charge in [0.1, 0.15) is 5.76 Å². The van der Waals surface area contributed by atoms with Crippen LogP contribution in [0.4, 0.5) is 0 Å². The summed E-state index contributed by atoms with van der Waals surface area (Å²) in [6.45, 7) is 7.86. The van der Waals surface area contributed by atoms with Gasteiger partial charge in [0.2, 0.25) is 5.91 Å². The van der Waals surface area contributed by atoms with Gasteiger partial charge >= 0.3 is 0 Å². The molecule has 3 heteroatoms. The van der Waals surface area contributed by atoms with Crippen LogP contribution in [0, 0.1) is 10.8 Å². The summed E-state index contributed by atoms with van der Waals surface area (Å²) in [5.41, 5.74) is 0.637. The van der Waals surface area contributed by atoms with E-state index in [0.717, 1.165) is 25.1 Å². The topological polar surface area (TPSA) is 33.5 Å². The van der Waals surface area contributed by atoms with E-state index in [9.17, 15) is 4.79 Å². The number of fused-ring (bicyclic) bond motifs is 2. The molecule has 2 bridgehead atoms. The van der Waals surface area contributed by atoms with Gasteiger partial charge in [-0.3, -0.25) is 4.79 Å². The van der Waals surface area contributed by atoms with E-state index in [2.05, 4.69) is 25.7 Å². The molecule has 0 spiro atoms. The van der Waals surface area contributed by atoms with Gasteiger partial charge in [-0.25, -0.2) is 0 Å². The van der Waals surface area contributed by atoms with Crippen molar-refractivity contribution in [3.05, 3.63) is 30.2 Å². The van der Waals surface area contributed by atoms with Gasteiger partial charge in [-0.2, -0.15) is 0 Å². The molecule has 3 rings (SSSR count). The first-order valence-electron chi connectivity index (χ1n) is 7.39. The first-order chi connectivity index (χ1) is 9.37. The van der Waals surface area contributed by atoms with Crippen LogP contribution in [0.2, 0.25) is 0 Å². The molecule has 2 heterocycles. The average Bonchev–Trinajstić information content (AvgIpc) is 2.91. The maximum Gasteiger partial charge on any atom is 0.246 e. The molecule has 1 aromatic rings. The number of carbonyl (C=O) groups is 1. The van der Waals surface area contributed by atoms with E-state index in [4.69, 9.17) is 4.42 Å². The van der Waals surface area contributed by atoms with Crippen molar-refractivity contribution in [2.24, 2.45) is 10.8 Å². The van der Waals surface area contributed by atoms with E-state index >= 15 is 0 Å². The third-order valence-electron chi connectivity index (χ3n) is 4.63. The number of furan rings is 1. The van der Waals surface area contributed by atoms with E-state index in [-0.39, 0.29) is 5.91 Å².